The van der Waals surface area contributed by atoms with Crippen LogP contribution in [0.2, 0.25) is 0 Å². The van der Waals surface area contributed by atoms with Crippen LogP contribution in [0.15, 0.2) is 18.2 Å². The molecule has 7 heteroatoms. The van der Waals surface area contributed by atoms with E-state index in [1.165, 1.54) is 15.9 Å². The minimum absolute atomic E-state index is 0.180. The lowest BCUT2D eigenvalue weighted by Gasteiger charge is -2.12. The summed E-state index contributed by atoms with van der Waals surface area (Å²) >= 11 is 0. The van der Waals surface area contributed by atoms with Crippen molar-refractivity contribution in [2.24, 2.45) is 0 Å². The first-order chi connectivity index (χ1) is 11.2. The molecular formula is C16H22N6O. The highest BCUT2D eigenvalue weighted by Gasteiger charge is 2.24. The molecule has 7 nitrogen and oxygen atoms in total. The van der Waals surface area contributed by atoms with E-state index in [-0.39, 0.29) is 5.91 Å². The average molecular weight is 314 g/mol. The molecule has 0 aliphatic heterocycles. The number of hydrogen-bond donors (Lipinski definition) is 4. The highest BCUT2D eigenvalue weighted by atomic mass is 16.1. The van der Waals surface area contributed by atoms with Gasteiger partial charge in [-0.05, 0) is 36.5 Å². The van der Waals surface area contributed by atoms with E-state index in [1.807, 2.05) is 12.1 Å². The van der Waals surface area contributed by atoms with Crippen LogP contribution in [0.25, 0.3) is 0 Å². The van der Waals surface area contributed by atoms with Crippen molar-refractivity contribution in [3.05, 3.63) is 34.9 Å². The molecule has 0 spiro atoms. The van der Waals surface area contributed by atoms with Crippen molar-refractivity contribution in [2.45, 2.75) is 19.3 Å². The number of carbonyl (C=O) groups excluding carboxylic acids is 1. The number of carbonyl (C=O) groups is 1. The molecule has 0 saturated heterocycles. The van der Waals surface area contributed by atoms with E-state index in [4.69, 9.17) is 0 Å². The van der Waals surface area contributed by atoms with E-state index >= 15 is 0 Å². The van der Waals surface area contributed by atoms with Gasteiger partial charge in [-0.25, -0.2) is 0 Å². The quantitative estimate of drug-likeness (QED) is 0.677. The maximum absolute atomic E-state index is 12.8. The van der Waals surface area contributed by atoms with Crippen LogP contribution >= 0.6 is 0 Å². The summed E-state index contributed by atoms with van der Waals surface area (Å²) in [5.41, 5.74) is 6.88. The summed E-state index contributed by atoms with van der Waals surface area (Å²) in [5, 5.41) is 13.4. The molecule has 122 valence electrons. The Hall–Kier alpha value is -2.70. The fourth-order valence-electron chi connectivity index (χ4n) is 3.12. The second-order valence-corrected chi connectivity index (χ2v) is 5.46. The molecule has 0 saturated carbocycles. The summed E-state index contributed by atoms with van der Waals surface area (Å²) in [6.07, 6.45) is 3.24. The van der Waals surface area contributed by atoms with Crippen molar-refractivity contribution >= 4 is 23.2 Å². The van der Waals surface area contributed by atoms with Crippen LogP contribution in [0.4, 0.5) is 17.3 Å². The van der Waals surface area contributed by atoms with Gasteiger partial charge in [0.05, 0.1) is 0 Å². The van der Waals surface area contributed by atoms with Crippen molar-refractivity contribution in [1.82, 2.24) is 9.89 Å². The Morgan fingerprint density at radius 3 is 2.70 bits per heavy atom. The van der Waals surface area contributed by atoms with Crippen molar-refractivity contribution in [2.75, 3.05) is 42.5 Å². The molecule has 0 bridgehead atoms. The average Bonchev–Trinajstić information content (AvgIpc) is 3.18. The Balaban J connectivity index is 1.95. The van der Waals surface area contributed by atoms with Crippen LogP contribution in [0, 0.1) is 0 Å². The summed E-state index contributed by atoms with van der Waals surface area (Å²) < 4.78 is 0. The molecule has 0 radical (unpaired) electrons. The van der Waals surface area contributed by atoms with Gasteiger partial charge in [-0.3, -0.25) is 4.79 Å². The third-order valence-corrected chi connectivity index (χ3v) is 4.19. The SMILES string of the molecule is CNc1nn(NC)c(NC)c1C(=O)Nc1cccc2c1CCC2. The third kappa shape index (κ3) is 2.58. The van der Waals surface area contributed by atoms with E-state index in [1.54, 1.807) is 21.1 Å². The molecule has 0 fully saturated rings. The third-order valence-electron chi connectivity index (χ3n) is 4.19. The molecule has 3 rings (SSSR count). The molecule has 0 unspecified atom stereocenters. The minimum atomic E-state index is -0.180. The van der Waals surface area contributed by atoms with Crippen molar-refractivity contribution < 1.29 is 4.79 Å². The number of rotatable bonds is 5. The molecule has 1 heterocycles. The number of fused-ring (bicyclic) bond motifs is 1. The summed E-state index contributed by atoms with van der Waals surface area (Å²) in [6, 6.07) is 6.09. The summed E-state index contributed by atoms with van der Waals surface area (Å²) in [5.74, 6) is 0.955. The number of hydrogen-bond acceptors (Lipinski definition) is 5. The van der Waals surface area contributed by atoms with Gasteiger partial charge >= 0.3 is 0 Å². The van der Waals surface area contributed by atoms with E-state index in [9.17, 15) is 4.79 Å². The van der Waals surface area contributed by atoms with Gasteiger partial charge in [0, 0.05) is 26.8 Å². The molecule has 1 amide bonds. The Kier molecular flexibility index (Phi) is 4.10. The Morgan fingerprint density at radius 1 is 1.17 bits per heavy atom. The van der Waals surface area contributed by atoms with Crippen LogP contribution in [0.3, 0.4) is 0 Å². The normalized spacial score (nSPS) is 12.7. The van der Waals surface area contributed by atoms with Gasteiger partial charge in [0.25, 0.3) is 5.91 Å². The molecule has 0 atom stereocenters. The molecule has 1 aromatic heterocycles. The van der Waals surface area contributed by atoms with E-state index in [0.717, 1.165) is 24.9 Å². The van der Waals surface area contributed by atoms with Gasteiger partial charge in [0.15, 0.2) is 11.6 Å². The zero-order chi connectivity index (χ0) is 16.4. The zero-order valence-electron chi connectivity index (χ0n) is 13.7. The minimum Gasteiger partial charge on any atom is -0.371 e. The van der Waals surface area contributed by atoms with Crippen LogP contribution in [-0.2, 0) is 12.8 Å². The summed E-state index contributed by atoms with van der Waals surface area (Å²) in [4.78, 5) is 14.4. The molecule has 1 aliphatic rings. The number of amides is 1. The predicted molar refractivity (Wildman–Crippen MR) is 93.0 cm³/mol. The van der Waals surface area contributed by atoms with Crippen molar-refractivity contribution in [1.29, 1.82) is 0 Å². The first kappa shape index (κ1) is 15.2. The second kappa shape index (κ2) is 6.20. The summed E-state index contributed by atoms with van der Waals surface area (Å²) in [6.45, 7) is 0. The number of nitrogens with one attached hydrogen (secondary N) is 4. The van der Waals surface area contributed by atoms with Gasteiger partial charge in [-0.15, -0.1) is 5.10 Å². The van der Waals surface area contributed by atoms with E-state index in [0.29, 0.717) is 17.2 Å². The van der Waals surface area contributed by atoms with Gasteiger partial charge in [-0.1, -0.05) is 12.1 Å². The summed E-state index contributed by atoms with van der Waals surface area (Å²) in [7, 11) is 5.26. The molecule has 2 aromatic rings. The lowest BCUT2D eigenvalue weighted by molar-refractivity contribution is 0.102. The number of aryl methyl sites for hydroxylation is 1. The van der Waals surface area contributed by atoms with Gasteiger partial charge < -0.3 is 21.4 Å². The Bertz CT molecular complexity index is 736. The number of aromatic nitrogens is 2. The standard InChI is InChI=1S/C16H22N6O/c1-17-14-13(15(18-2)22(19-3)21-14)16(23)20-12-9-5-7-10-6-4-8-11(10)12/h5,7,9,18-19H,4,6,8H2,1-3H3,(H,17,21)(H,20,23). The van der Waals surface area contributed by atoms with Crippen molar-refractivity contribution in [3.8, 4) is 0 Å². The number of nitrogens with zero attached hydrogens (tertiary/aromatic N) is 2. The highest BCUT2D eigenvalue weighted by Crippen LogP contribution is 2.30. The fourth-order valence-corrected chi connectivity index (χ4v) is 3.12. The van der Waals surface area contributed by atoms with E-state index in [2.05, 4.69) is 32.5 Å². The highest BCUT2D eigenvalue weighted by molar-refractivity contribution is 6.11. The maximum Gasteiger partial charge on any atom is 0.263 e. The maximum atomic E-state index is 12.8. The van der Waals surface area contributed by atoms with Crippen LogP contribution in [0.1, 0.15) is 27.9 Å². The lowest BCUT2D eigenvalue weighted by atomic mass is 10.1. The second-order valence-electron chi connectivity index (χ2n) is 5.46. The van der Waals surface area contributed by atoms with Gasteiger partial charge in [0.2, 0.25) is 0 Å². The Labute approximate surface area is 135 Å². The molecule has 1 aliphatic carbocycles. The van der Waals surface area contributed by atoms with Crippen molar-refractivity contribution in [3.63, 3.8) is 0 Å². The van der Waals surface area contributed by atoms with Gasteiger partial charge in [-0.2, -0.15) is 4.79 Å². The predicted octanol–water partition coefficient (Wildman–Crippen LogP) is 1.88. The molecule has 4 N–H and O–H groups in total. The van der Waals surface area contributed by atoms with Crippen LogP contribution < -0.4 is 21.4 Å². The van der Waals surface area contributed by atoms with E-state index < -0.39 is 0 Å². The zero-order valence-corrected chi connectivity index (χ0v) is 13.7. The van der Waals surface area contributed by atoms with Crippen LogP contribution in [0.5, 0.6) is 0 Å². The molecular weight excluding hydrogens is 292 g/mol. The Morgan fingerprint density at radius 2 is 2.00 bits per heavy atom. The number of benzene rings is 1. The smallest absolute Gasteiger partial charge is 0.263 e. The molecule has 23 heavy (non-hydrogen) atoms. The first-order valence-corrected chi connectivity index (χ1v) is 7.78. The topological polar surface area (TPSA) is 83.0 Å². The first-order valence-electron chi connectivity index (χ1n) is 7.78. The number of anilines is 3. The molecule has 1 aromatic carbocycles. The lowest BCUT2D eigenvalue weighted by Crippen LogP contribution is -2.18. The van der Waals surface area contributed by atoms with Gasteiger partial charge in [0.1, 0.15) is 5.56 Å². The van der Waals surface area contributed by atoms with Crippen LogP contribution in [-0.4, -0.2) is 36.9 Å². The monoisotopic (exact) mass is 314 g/mol. The fraction of sp³-hybridized carbons (Fsp3) is 0.375. The largest absolute Gasteiger partial charge is 0.371 e.